The first-order chi connectivity index (χ1) is 5.29. The molecule has 0 radical (unpaired) electrons. The molecule has 0 amide bonds. The minimum atomic E-state index is 0.929. The van der Waals surface area contributed by atoms with Gasteiger partial charge >= 0.3 is 0 Å². The van der Waals surface area contributed by atoms with E-state index in [4.69, 9.17) is 5.84 Å². The van der Waals surface area contributed by atoms with E-state index in [1.54, 1.807) is 5.01 Å². The third-order valence-corrected chi connectivity index (χ3v) is 2.75. The number of hydrogen-bond donors (Lipinski definition) is 1. The molecule has 2 N–H and O–H groups in total. The number of fused-ring (bicyclic) bond motifs is 1. The minimum absolute atomic E-state index is 0.929. The quantitative estimate of drug-likeness (QED) is 0.664. The van der Waals surface area contributed by atoms with Gasteiger partial charge in [0.1, 0.15) is 0 Å². The van der Waals surface area contributed by atoms with Gasteiger partial charge in [-0.15, -0.1) is 0 Å². The van der Waals surface area contributed by atoms with Gasteiger partial charge in [-0.2, -0.15) is 0 Å². The number of halogens is 1. The number of anilines is 1. The molecule has 3 heteroatoms. The van der Waals surface area contributed by atoms with E-state index in [0.29, 0.717) is 0 Å². The van der Waals surface area contributed by atoms with Gasteiger partial charge in [-0.05, 0) is 24.1 Å². The fourth-order valence-corrected chi connectivity index (χ4v) is 1.97. The van der Waals surface area contributed by atoms with Crippen LogP contribution in [0.4, 0.5) is 5.69 Å². The van der Waals surface area contributed by atoms with E-state index in [1.165, 1.54) is 10.0 Å². The van der Waals surface area contributed by atoms with E-state index in [0.717, 1.165) is 18.7 Å². The number of nitrogens with two attached hydrogens (primary N) is 1. The Morgan fingerprint density at radius 2 is 2.27 bits per heavy atom. The largest absolute Gasteiger partial charge is 0.310 e. The van der Waals surface area contributed by atoms with Gasteiger partial charge in [0, 0.05) is 11.0 Å². The van der Waals surface area contributed by atoms with Crippen molar-refractivity contribution in [3.05, 3.63) is 28.2 Å². The zero-order chi connectivity index (χ0) is 7.84. The number of hydrazine groups is 1. The Labute approximate surface area is 74.1 Å². The van der Waals surface area contributed by atoms with E-state index in [1.807, 2.05) is 12.1 Å². The fourth-order valence-electron chi connectivity index (χ4n) is 1.42. The zero-order valence-electron chi connectivity index (χ0n) is 6.05. The van der Waals surface area contributed by atoms with Crippen molar-refractivity contribution in [2.24, 2.45) is 5.84 Å². The van der Waals surface area contributed by atoms with Crippen molar-refractivity contribution in [1.82, 2.24) is 0 Å². The number of nitrogens with zero attached hydrogens (tertiary/aromatic N) is 1. The molecule has 0 unspecified atom stereocenters. The standard InChI is InChI=1S/C8H9BrN2/c9-7-2-1-3-8-6(7)4-5-11(8)10/h1-3H,4-5,10H2. The Balaban J connectivity index is 2.57. The van der Waals surface area contributed by atoms with Gasteiger partial charge in [-0.25, -0.2) is 5.84 Å². The summed E-state index contributed by atoms with van der Waals surface area (Å²) in [6.45, 7) is 0.929. The first kappa shape index (κ1) is 7.13. The Bertz CT molecular complexity index is 285. The highest BCUT2D eigenvalue weighted by molar-refractivity contribution is 9.10. The minimum Gasteiger partial charge on any atom is -0.310 e. The van der Waals surface area contributed by atoms with Crippen LogP contribution in [0.1, 0.15) is 5.56 Å². The van der Waals surface area contributed by atoms with Crippen LogP contribution in [0.5, 0.6) is 0 Å². The lowest BCUT2D eigenvalue weighted by Crippen LogP contribution is -2.27. The summed E-state index contributed by atoms with van der Waals surface area (Å²) in [7, 11) is 0. The van der Waals surface area contributed by atoms with Crippen molar-refractivity contribution in [2.45, 2.75) is 6.42 Å². The molecule has 0 fully saturated rings. The Morgan fingerprint density at radius 3 is 3.00 bits per heavy atom. The summed E-state index contributed by atoms with van der Waals surface area (Å²) in [6, 6.07) is 6.11. The molecule has 2 nitrogen and oxygen atoms in total. The first-order valence-corrected chi connectivity index (χ1v) is 4.38. The SMILES string of the molecule is NN1CCc2c(Br)cccc21. The van der Waals surface area contributed by atoms with Crippen LogP contribution in [0.15, 0.2) is 22.7 Å². The maximum atomic E-state index is 5.73. The van der Waals surface area contributed by atoms with Crippen molar-refractivity contribution in [3.8, 4) is 0 Å². The summed E-state index contributed by atoms with van der Waals surface area (Å²) in [5.41, 5.74) is 2.48. The van der Waals surface area contributed by atoms with Crippen LogP contribution in [-0.2, 0) is 6.42 Å². The summed E-state index contributed by atoms with van der Waals surface area (Å²) in [5, 5.41) is 1.79. The van der Waals surface area contributed by atoms with E-state index in [2.05, 4.69) is 22.0 Å². The normalized spacial score (nSPS) is 15.3. The average molecular weight is 213 g/mol. The van der Waals surface area contributed by atoms with Gasteiger partial charge < -0.3 is 5.01 Å². The van der Waals surface area contributed by atoms with E-state index >= 15 is 0 Å². The van der Waals surface area contributed by atoms with E-state index in [-0.39, 0.29) is 0 Å². The van der Waals surface area contributed by atoms with Gasteiger partial charge in [-0.1, -0.05) is 22.0 Å². The first-order valence-electron chi connectivity index (χ1n) is 3.58. The topological polar surface area (TPSA) is 29.3 Å². The fraction of sp³-hybridized carbons (Fsp3) is 0.250. The maximum Gasteiger partial charge on any atom is 0.0561 e. The molecule has 11 heavy (non-hydrogen) atoms. The van der Waals surface area contributed by atoms with Crippen LogP contribution < -0.4 is 10.9 Å². The summed E-state index contributed by atoms with van der Waals surface area (Å²) in [5.74, 6) is 5.73. The van der Waals surface area contributed by atoms with Crippen molar-refractivity contribution >= 4 is 21.6 Å². The molecule has 0 saturated heterocycles. The summed E-state index contributed by atoms with van der Waals surface area (Å²) in [4.78, 5) is 0. The van der Waals surface area contributed by atoms with Crippen LogP contribution >= 0.6 is 15.9 Å². The molecule has 0 spiro atoms. The van der Waals surface area contributed by atoms with Crippen molar-refractivity contribution < 1.29 is 0 Å². The molecule has 2 rings (SSSR count). The highest BCUT2D eigenvalue weighted by Crippen LogP contribution is 2.31. The Kier molecular flexibility index (Phi) is 1.62. The molecule has 1 heterocycles. The van der Waals surface area contributed by atoms with Crippen LogP contribution in [0.25, 0.3) is 0 Å². The van der Waals surface area contributed by atoms with Gasteiger partial charge in [0.2, 0.25) is 0 Å². The average Bonchev–Trinajstić information content (AvgIpc) is 2.35. The second-order valence-electron chi connectivity index (χ2n) is 2.68. The van der Waals surface area contributed by atoms with E-state index in [9.17, 15) is 0 Å². The monoisotopic (exact) mass is 212 g/mol. The summed E-state index contributed by atoms with van der Waals surface area (Å²) in [6.07, 6.45) is 1.05. The molecule has 0 aromatic heterocycles. The predicted octanol–water partition coefficient (Wildman–Crippen LogP) is 1.69. The molecule has 0 saturated carbocycles. The molecule has 1 aliphatic rings. The molecule has 58 valence electrons. The lowest BCUT2D eigenvalue weighted by atomic mass is 10.2. The lowest BCUT2D eigenvalue weighted by molar-refractivity contribution is 0.891. The van der Waals surface area contributed by atoms with Gasteiger partial charge in [0.15, 0.2) is 0 Å². The van der Waals surface area contributed by atoms with Crippen LogP contribution in [-0.4, -0.2) is 6.54 Å². The van der Waals surface area contributed by atoms with Crippen LogP contribution in [0.2, 0.25) is 0 Å². The molecule has 1 aromatic rings. The highest BCUT2D eigenvalue weighted by atomic mass is 79.9. The second-order valence-corrected chi connectivity index (χ2v) is 3.54. The Morgan fingerprint density at radius 1 is 1.45 bits per heavy atom. The third-order valence-electron chi connectivity index (χ3n) is 2.01. The smallest absolute Gasteiger partial charge is 0.0561 e. The number of rotatable bonds is 0. The molecule has 1 aliphatic heterocycles. The third kappa shape index (κ3) is 1.04. The lowest BCUT2D eigenvalue weighted by Gasteiger charge is -2.10. The summed E-state index contributed by atoms with van der Waals surface area (Å²) >= 11 is 3.49. The van der Waals surface area contributed by atoms with Gasteiger partial charge in [0.25, 0.3) is 0 Å². The maximum absolute atomic E-state index is 5.73. The van der Waals surface area contributed by atoms with Crippen LogP contribution in [0, 0.1) is 0 Å². The van der Waals surface area contributed by atoms with Gasteiger partial charge in [0.05, 0.1) is 5.69 Å². The highest BCUT2D eigenvalue weighted by Gasteiger charge is 2.17. The van der Waals surface area contributed by atoms with Crippen molar-refractivity contribution in [2.75, 3.05) is 11.6 Å². The molecule has 0 bridgehead atoms. The number of hydrogen-bond acceptors (Lipinski definition) is 2. The molecular formula is C8H9BrN2. The summed E-state index contributed by atoms with van der Waals surface area (Å²) < 4.78 is 1.17. The van der Waals surface area contributed by atoms with Gasteiger partial charge in [-0.3, -0.25) is 0 Å². The second kappa shape index (κ2) is 2.50. The molecule has 0 aliphatic carbocycles. The molecule has 0 atom stereocenters. The Hall–Kier alpha value is -0.540. The van der Waals surface area contributed by atoms with Crippen molar-refractivity contribution in [3.63, 3.8) is 0 Å². The zero-order valence-corrected chi connectivity index (χ0v) is 7.63. The van der Waals surface area contributed by atoms with Crippen molar-refractivity contribution in [1.29, 1.82) is 0 Å². The van der Waals surface area contributed by atoms with Crippen LogP contribution in [0.3, 0.4) is 0 Å². The molecule has 1 aromatic carbocycles. The molecular weight excluding hydrogens is 204 g/mol. The number of benzene rings is 1. The van der Waals surface area contributed by atoms with E-state index < -0.39 is 0 Å². The predicted molar refractivity (Wildman–Crippen MR) is 49.4 cm³/mol.